The number of imide groups is 1. The molecule has 1 N–H and O–H groups in total. The van der Waals surface area contributed by atoms with Crippen LogP contribution in [0.1, 0.15) is 34.1 Å². The zero-order valence-corrected chi connectivity index (χ0v) is 9.56. The number of hydrogen-bond acceptors (Lipinski definition) is 4. The summed E-state index contributed by atoms with van der Waals surface area (Å²) in [6.07, 6.45) is 3.82. The Kier molecular flexibility index (Phi) is 2.06. The number of amides is 2. The van der Waals surface area contributed by atoms with E-state index < -0.39 is 5.54 Å². The van der Waals surface area contributed by atoms with E-state index in [1.165, 1.54) is 11.1 Å². The predicted octanol–water partition coefficient (Wildman–Crippen LogP) is 0.430. The van der Waals surface area contributed by atoms with E-state index >= 15 is 0 Å². The molecule has 0 saturated carbocycles. The smallest absolute Gasteiger partial charge is 0.263 e. The van der Waals surface area contributed by atoms with Gasteiger partial charge in [0, 0.05) is 18.9 Å². The van der Waals surface area contributed by atoms with E-state index in [4.69, 9.17) is 0 Å². The first kappa shape index (κ1) is 10.4. The zero-order valence-electron chi connectivity index (χ0n) is 9.56. The number of nitrogens with one attached hydrogen (secondary N) is 1. The molecule has 2 aliphatic rings. The van der Waals surface area contributed by atoms with Crippen LogP contribution in [0.15, 0.2) is 18.5 Å². The van der Waals surface area contributed by atoms with Crippen LogP contribution in [0.25, 0.3) is 0 Å². The molecular weight excluding hydrogens is 218 g/mol. The van der Waals surface area contributed by atoms with Gasteiger partial charge in [-0.25, -0.2) is 0 Å². The van der Waals surface area contributed by atoms with E-state index in [0.717, 1.165) is 13.0 Å². The monoisotopic (exact) mass is 231 g/mol. The number of aromatic nitrogens is 1. The fraction of sp³-hybridized carbons (Fsp3) is 0.417. The Morgan fingerprint density at radius 1 is 1.35 bits per heavy atom. The minimum atomic E-state index is -0.410. The lowest BCUT2D eigenvalue weighted by Crippen LogP contribution is -2.51. The van der Waals surface area contributed by atoms with Crippen LogP contribution in [0.5, 0.6) is 0 Å². The van der Waals surface area contributed by atoms with Crippen LogP contribution in [0.2, 0.25) is 0 Å². The topological polar surface area (TPSA) is 62.3 Å². The average Bonchev–Trinajstić information content (AvgIpc) is 2.85. The molecule has 17 heavy (non-hydrogen) atoms. The first-order chi connectivity index (χ1) is 8.13. The van der Waals surface area contributed by atoms with Crippen molar-refractivity contribution in [2.75, 3.05) is 13.1 Å². The van der Waals surface area contributed by atoms with Crippen LogP contribution in [0, 0.1) is 0 Å². The van der Waals surface area contributed by atoms with Crippen LogP contribution in [0.4, 0.5) is 0 Å². The number of rotatable bonds is 1. The molecule has 0 radical (unpaired) electrons. The van der Waals surface area contributed by atoms with Crippen molar-refractivity contribution < 1.29 is 9.59 Å². The summed E-state index contributed by atoms with van der Waals surface area (Å²) < 4.78 is 0. The number of hydrogen-bond donors (Lipinski definition) is 1. The third-order valence-electron chi connectivity index (χ3n) is 3.57. The quantitative estimate of drug-likeness (QED) is 0.712. The maximum atomic E-state index is 12.2. The highest BCUT2D eigenvalue weighted by Crippen LogP contribution is 2.32. The largest absolute Gasteiger partial charge is 0.314 e. The van der Waals surface area contributed by atoms with Gasteiger partial charge in [-0.15, -0.1) is 0 Å². The summed E-state index contributed by atoms with van der Waals surface area (Å²) >= 11 is 0. The Morgan fingerprint density at radius 3 is 2.76 bits per heavy atom. The average molecular weight is 231 g/mol. The molecule has 2 aliphatic heterocycles. The molecular formula is C12H13N3O2. The van der Waals surface area contributed by atoms with E-state index in [2.05, 4.69) is 10.3 Å². The third-order valence-corrected chi connectivity index (χ3v) is 3.57. The van der Waals surface area contributed by atoms with Crippen molar-refractivity contribution in [3.05, 3.63) is 29.6 Å². The van der Waals surface area contributed by atoms with E-state index in [-0.39, 0.29) is 11.8 Å². The van der Waals surface area contributed by atoms with Crippen molar-refractivity contribution in [2.24, 2.45) is 0 Å². The van der Waals surface area contributed by atoms with Gasteiger partial charge < -0.3 is 5.32 Å². The summed E-state index contributed by atoms with van der Waals surface area (Å²) in [5.74, 6) is -0.414. The lowest BCUT2D eigenvalue weighted by Gasteiger charge is -2.32. The molecule has 1 aromatic heterocycles. The molecule has 0 bridgehead atoms. The lowest BCUT2D eigenvalue weighted by molar-refractivity contribution is 0.0482. The lowest BCUT2D eigenvalue weighted by atomic mass is 9.99. The minimum Gasteiger partial charge on any atom is -0.314 e. The van der Waals surface area contributed by atoms with E-state index in [0.29, 0.717) is 17.7 Å². The fourth-order valence-corrected chi connectivity index (χ4v) is 2.57. The Labute approximate surface area is 98.8 Å². The van der Waals surface area contributed by atoms with Crippen molar-refractivity contribution in [2.45, 2.75) is 18.9 Å². The Balaban J connectivity index is 2.06. The third kappa shape index (κ3) is 1.32. The summed E-state index contributed by atoms with van der Waals surface area (Å²) in [4.78, 5) is 29.8. The van der Waals surface area contributed by atoms with Gasteiger partial charge in [0.25, 0.3) is 11.8 Å². The van der Waals surface area contributed by atoms with E-state index in [1.54, 1.807) is 12.3 Å². The highest BCUT2D eigenvalue weighted by molar-refractivity contribution is 6.21. The summed E-state index contributed by atoms with van der Waals surface area (Å²) in [5, 5.41) is 3.20. The number of fused-ring (bicyclic) bond motifs is 1. The SMILES string of the molecule is CC1(N2C(=O)c3ccncc3C2=O)CCNC1. The van der Waals surface area contributed by atoms with E-state index in [1.807, 2.05) is 6.92 Å². The van der Waals surface area contributed by atoms with Crippen molar-refractivity contribution in [1.29, 1.82) is 0 Å². The predicted molar refractivity (Wildman–Crippen MR) is 60.6 cm³/mol. The molecule has 1 saturated heterocycles. The van der Waals surface area contributed by atoms with Gasteiger partial charge in [-0.1, -0.05) is 0 Å². The first-order valence-corrected chi connectivity index (χ1v) is 5.67. The summed E-state index contributed by atoms with van der Waals surface area (Å²) in [7, 11) is 0. The number of nitrogens with zero attached hydrogens (tertiary/aromatic N) is 2. The number of pyridine rings is 1. The molecule has 3 rings (SSSR count). The van der Waals surface area contributed by atoms with Gasteiger partial charge >= 0.3 is 0 Å². The van der Waals surface area contributed by atoms with Gasteiger partial charge in [-0.05, 0) is 26.0 Å². The zero-order chi connectivity index (χ0) is 12.0. The molecule has 3 heterocycles. The molecule has 0 spiro atoms. The van der Waals surface area contributed by atoms with Gasteiger partial charge in [0.05, 0.1) is 16.7 Å². The van der Waals surface area contributed by atoms with Gasteiger partial charge in [0.2, 0.25) is 0 Å². The van der Waals surface area contributed by atoms with Crippen LogP contribution in [-0.2, 0) is 0 Å². The van der Waals surface area contributed by atoms with Gasteiger partial charge in [-0.3, -0.25) is 19.5 Å². The highest BCUT2D eigenvalue weighted by atomic mass is 16.2. The Morgan fingerprint density at radius 2 is 2.12 bits per heavy atom. The van der Waals surface area contributed by atoms with Crippen LogP contribution >= 0.6 is 0 Å². The van der Waals surface area contributed by atoms with E-state index in [9.17, 15) is 9.59 Å². The first-order valence-electron chi connectivity index (χ1n) is 5.67. The van der Waals surface area contributed by atoms with Crippen molar-refractivity contribution in [3.63, 3.8) is 0 Å². The van der Waals surface area contributed by atoms with Crippen molar-refractivity contribution in [1.82, 2.24) is 15.2 Å². The number of carbonyl (C=O) groups is 2. The second kappa shape index (κ2) is 3.37. The molecule has 5 nitrogen and oxygen atoms in total. The molecule has 88 valence electrons. The van der Waals surface area contributed by atoms with Gasteiger partial charge in [0.1, 0.15) is 0 Å². The van der Waals surface area contributed by atoms with Crippen LogP contribution in [0.3, 0.4) is 0 Å². The summed E-state index contributed by atoms with van der Waals surface area (Å²) in [6, 6.07) is 1.61. The Hall–Kier alpha value is -1.75. The molecule has 1 unspecified atom stereocenters. The molecule has 1 aromatic rings. The fourth-order valence-electron chi connectivity index (χ4n) is 2.57. The van der Waals surface area contributed by atoms with Crippen molar-refractivity contribution >= 4 is 11.8 Å². The molecule has 2 amide bonds. The maximum absolute atomic E-state index is 12.2. The second-order valence-corrected chi connectivity index (χ2v) is 4.79. The molecule has 1 fully saturated rings. The van der Waals surface area contributed by atoms with Crippen LogP contribution < -0.4 is 5.32 Å². The number of carbonyl (C=O) groups excluding carboxylic acids is 2. The minimum absolute atomic E-state index is 0.196. The Bertz CT molecular complexity index is 471. The second-order valence-electron chi connectivity index (χ2n) is 4.79. The van der Waals surface area contributed by atoms with Gasteiger partial charge in [0.15, 0.2) is 0 Å². The molecule has 5 heteroatoms. The maximum Gasteiger partial charge on any atom is 0.263 e. The summed E-state index contributed by atoms with van der Waals surface area (Å²) in [5.41, 5.74) is 0.483. The normalized spacial score (nSPS) is 27.7. The standard InChI is InChI=1S/C12H13N3O2/c1-12(3-5-14-7-12)15-10(16)8-2-4-13-6-9(8)11(15)17/h2,4,6,14H,3,5,7H2,1H3. The van der Waals surface area contributed by atoms with Crippen molar-refractivity contribution in [3.8, 4) is 0 Å². The molecule has 0 aromatic carbocycles. The highest BCUT2D eigenvalue weighted by Gasteiger charge is 2.47. The molecule has 0 aliphatic carbocycles. The van der Waals surface area contributed by atoms with Gasteiger partial charge in [-0.2, -0.15) is 0 Å². The molecule has 1 atom stereocenters. The summed E-state index contributed by atoms with van der Waals surface area (Å²) in [6.45, 7) is 3.44. The van der Waals surface area contributed by atoms with Crippen LogP contribution in [-0.4, -0.2) is 40.3 Å².